The maximum atomic E-state index is 12.3. The van der Waals surface area contributed by atoms with E-state index in [1.807, 2.05) is 31.4 Å². The molecular weight excluding hydrogens is 368 g/mol. The Labute approximate surface area is 161 Å². The number of aromatic nitrogens is 2. The number of imidazole rings is 1. The van der Waals surface area contributed by atoms with Crippen molar-refractivity contribution in [2.45, 2.75) is 44.6 Å². The van der Waals surface area contributed by atoms with Crippen LogP contribution in [0.5, 0.6) is 0 Å². The molecule has 0 fully saturated rings. The Balaban J connectivity index is 2.40. The molecule has 2 rings (SSSR count). The Morgan fingerprint density at radius 2 is 2.00 bits per heavy atom. The molecule has 1 atom stereocenters. The van der Waals surface area contributed by atoms with E-state index in [4.69, 9.17) is 10.5 Å². The van der Waals surface area contributed by atoms with Crippen LogP contribution in [0.15, 0.2) is 23.4 Å². The summed E-state index contributed by atoms with van der Waals surface area (Å²) in [6.07, 6.45) is 0. The van der Waals surface area contributed by atoms with Crippen LogP contribution in [0.4, 0.5) is 4.79 Å². The van der Waals surface area contributed by atoms with E-state index in [1.54, 1.807) is 19.1 Å². The SMILES string of the molecule is CCOC(=O)c1ccc2c(c1)nc(S[C@@H](C(=O)NC(N)=O)C(C)C)n2CC. The van der Waals surface area contributed by atoms with Gasteiger partial charge in [0.1, 0.15) is 0 Å². The molecule has 0 aliphatic carbocycles. The number of carbonyl (C=O) groups excluding carboxylic acids is 3. The van der Waals surface area contributed by atoms with Crippen molar-refractivity contribution in [3.8, 4) is 0 Å². The van der Waals surface area contributed by atoms with E-state index in [9.17, 15) is 14.4 Å². The molecule has 0 unspecified atom stereocenters. The smallest absolute Gasteiger partial charge is 0.338 e. The molecule has 0 saturated carbocycles. The lowest BCUT2D eigenvalue weighted by Crippen LogP contribution is -2.42. The average Bonchev–Trinajstić information content (AvgIpc) is 2.95. The number of ether oxygens (including phenoxy) is 1. The third kappa shape index (κ3) is 4.79. The number of imide groups is 1. The highest BCUT2D eigenvalue weighted by Gasteiger charge is 2.27. The van der Waals surface area contributed by atoms with Crippen LogP contribution in [0.25, 0.3) is 11.0 Å². The first-order valence-corrected chi connectivity index (χ1v) is 9.60. The van der Waals surface area contributed by atoms with E-state index in [-0.39, 0.29) is 5.92 Å². The van der Waals surface area contributed by atoms with Gasteiger partial charge in [0.05, 0.1) is 28.5 Å². The van der Waals surface area contributed by atoms with Crippen LogP contribution in [0.1, 0.15) is 38.1 Å². The third-order valence-corrected chi connectivity index (χ3v) is 5.42. The number of aryl methyl sites for hydroxylation is 1. The first kappa shape index (κ1) is 20.8. The highest BCUT2D eigenvalue weighted by Crippen LogP contribution is 2.31. The van der Waals surface area contributed by atoms with Gasteiger partial charge < -0.3 is 15.0 Å². The van der Waals surface area contributed by atoms with Crippen molar-refractivity contribution in [2.24, 2.45) is 11.7 Å². The van der Waals surface area contributed by atoms with E-state index in [1.165, 1.54) is 11.8 Å². The molecule has 1 heterocycles. The lowest BCUT2D eigenvalue weighted by molar-refractivity contribution is -0.120. The highest BCUT2D eigenvalue weighted by atomic mass is 32.2. The largest absolute Gasteiger partial charge is 0.462 e. The topological polar surface area (TPSA) is 116 Å². The zero-order valence-electron chi connectivity index (χ0n) is 15.8. The van der Waals surface area contributed by atoms with Crippen LogP contribution in [-0.2, 0) is 16.1 Å². The van der Waals surface area contributed by atoms with Gasteiger partial charge in [0, 0.05) is 6.54 Å². The summed E-state index contributed by atoms with van der Waals surface area (Å²) < 4.78 is 6.99. The number of hydrogen-bond acceptors (Lipinski definition) is 6. The molecule has 1 aromatic heterocycles. The zero-order valence-corrected chi connectivity index (χ0v) is 16.6. The summed E-state index contributed by atoms with van der Waals surface area (Å²) in [5.41, 5.74) is 6.99. The number of primary amides is 1. The van der Waals surface area contributed by atoms with Crippen molar-refractivity contribution < 1.29 is 19.1 Å². The number of nitrogens with one attached hydrogen (secondary N) is 1. The number of benzene rings is 1. The minimum Gasteiger partial charge on any atom is -0.462 e. The van der Waals surface area contributed by atoms with Gasteiger partial charge in [-0.25, -0.2) is 14.6 Å². The minimum atomic E-state index is -0.880. The first-order chi connectivity index (χ1) is 12.8. The summed E-state index contributed by atoms with van der Waals surface area (Å²) in [4.78, 5) is 39.9. The molecule has 8 nitrogen and oxygen atoms in total. The number of rotatable bonds is 7. The zero-order chi connectivity index (χ0) is 20.1. The second-order valence-electron chi connectivity index (χ2n) is 6.20. The summed E-state index contributed by atoms with van der Waals surface area (Å²) >= 11 is 1.26. The molecule has 0 spiro atoms. The fraction of sp³-hybridized carbons (Fsp3) is 0.444. The quantitative estimate of drug-likeness (QED) is 0.552. The summed E-state index contributed by atoms with van der Waals surface area (Å²) in [6, 6.07) is 4.31. The normalized spacial score (nSPS) is 12.2. The van der Waals surface area contributed by atoms with Gasteiger partial charge in [0.2, 0.25) is 5.91 Å². The third-order valence-electron chi connectivity index (χ3n) is 3.88. The number of urea groups is 1. The van der Waals surface area contributed by atoms with E-state index in [0.717, 1.165) is 5.52 Å². The molecule has 0 aliphatic rings. The van der Waals surface area contributed by atoms with Gasteiger partial charge >= 0.3 is 12.0 Å². The Morgan fingerprint density at radius 3 is 2.56 bits per heavy atom. The summed E-state index contributed by atoms with van der Waals surface area (Å²) in [5.74, 6) is -0.903. The predicted molar refractivity (Wildman–Crippen MR) is 104 cm³/mol. The van der Waals surface area contributed by atoms with Gasteiger partial charge in [0.25, 0.3) is 0 Å². The van der Waals surface area contributed by atoms with Gasteiger partial charge in [-0.05, 0) is 38.0 Å². The van der Waals surface area contributed by atoms with Crippen molar-refractivity contribution in [1.29, 1.82) is 0 Å². The van der Waals surface area contributed by atoms with Crippen molar-refractivity contribution in [1.82, 2.24) is 14.9 Å². The van der Waals surface area contributed by atoms with Gasteiger partial charge in [-0.1, -0.05) is 25.6 Å². The van der Waals surface area contributed by atoms with Crippen LogP contribution in [0.3, 0.4) is 0 Å². The second-order valence-corrected chi connectivity index (χ2v) is 7.31. The van der Waals surface area contributed by atoms with E-state index in [2.05, 4.69) is 10.3 Å². The van der Waals surface area contributed by atoms with E-state index in [0.29, 0.717) is 29.4 Å². The summed E-state index contributed by atoms with van der Waals surface area (Å²) in [7, 11) is 0. The molecule has 3 amide bonds. The van der Waals surface area contributed by atoms with Gasteiger partial charge in [-0.2, -0.15) is 0 Å². The average molecular weight is 392 g/mol. The summed E-state index contributed by atoms with van der Waals surface area (Å²) in [5, 5.41) is 2.23. The Bertz CT molecular complexity index is 862. The van der Waals surface area contributed by atoms with Crippen LogP contribution in [-0.4, -0.2) is 39.3 Å². The fourth-order valence-corrected chi connectivity index (χ4v) is 3.81. The molecule has 1 aromatic carbocycles. The molecule has 2 aromatic rings. The maximum Gasteiger partial charge on any atom is 0.338 e. The summed E-state index contributed by atoms with van der Waals surface area (Å²) in [6.45, 7) is 8.43. The Morgan fingerprint density at radius 1 is 1.30 bits per heavy atom. The van der Waals surface area contributed by atoms with Crippen molar-refractivity contribution in [2.75, 3.05) is 6.61 Å². The van der Waals surface area contributed by atoms with Crippen LogP contribution in [0, 0.1) is 5.92 Å². The fourth-order valence-electron chi connectivity index (χ4n) is 2.64. The number of amides is 3. The van der Waals surface area contributed by atoms with E-state index >= 15 is 0 Å². The maximum absolute atomic E-state index is 12.3. The van der Waals surface area contributed by atoms with Crippen LogP contribution < -0.4 is 11.1 Å². The predicted octanol–water partition coefficient (Wildman–Crippen LogP) is 2.54. The Hall–Kier alpha value is -2.55. The van der Waals surface area contributed by atoms with Crippen LogP contribution in [0.2, 0.25) is 0 Å². The standard InChI is InChI=1S/C18H24N4O4S/c1-5-22-13-8-7-11(16(24)26-6-2)9-12(13)20-18(22)27-14(10(3)4)15(23)21-17(19)25/h7-10,14H,5-6H2,1-4H3,(H3,19,21,23,25)/t14-/m1/s1. The highest BCUT2D eigenvalue weighted by molar-refractivity contribution is 8.00. The monoisotopic (exact) mass is 392 g/mol. The van der Waals surface area contributed by atoms with Gasteiger partial charge in [-0.15, -0.1) is 0 Å². The van der Waals surface area contributed by atoms with Crippen molar-refractivity contribution in [3.63, 3.8) is 0 Å². The number of nitrogens with zero attached hydrogens (tertiary/aromatic N) is 2. The van der Waals surface area contributed by atoms with E-state index < -0.39 is 23.2 Å². The molecule has 0 saturated heterocycles. The van der Waals surface area contributed by atoms with Crippen molar-refractivity contribution in [3.05, 3.63) is 23.8 Å². The number of fused-ring (bicyclic) bond motifs is 1. The van der Waals surface area contributed by atoms with Crippen LogP contribution >= 0.6 is 11.8 Å². The number of esters is 1. The molecular formula is C18H24N4O4S. The molecule has 0 aliphatic heterocycles. The number of nitrogens with two attached hydrogens (primary N) is 1. The second kappa shape index (κ2) is 8.90. The molecule has 0 radical (unpaired) electrons. The van der Waals surface area contributed by atoms with Gasteiger partial charge in [-0.3, -0.25) is 10.1 Å². The lowest BCUT2D eigenvalue weighted by Gasteiger charge is -2.18. The Kier molecular flexibility index (Phi) is 6.84. The number of hydrogen-bond donors (Lipinski definition) is 2. The molecule has 3 N–H and O–H groups in total. The first-order valence-electron chi connectivity index (χ1n) is 8.72. The lowest BCUT2D eigenvalue weighted by atomic mass is 10.1. The number of thioether (sulfide) groups is 1. The minimum absolute atomic E-state index is 0.0467. The molecule has 0 bridgehead atoms. The van der Waals surface area contributed by atoms with Gasteiger partial charge in [0.15, 0.2) is 5.16 Å². The number of carbonyl (C=O) groups is 3. The molecule has 146 valence electrons. The van der Waals surface area contributed by atoms with Crippen molar-refractivity contribution >= 4 is 40.7 Å². The molecule has 9 heteroatoms. The molecule has 27 heavy (non-hydrogen) atoms.